The highest BCUT2D eigenvalue weighted by Gasteiger charge is 2.15. The van der Waals surface area contributed by atoms with Crippen LogP contribution in [0.1, 0.15) is 12.1 Å². The molecule has 1 aromatic carbocycles. The van der Waals surface area contributed by atoms with E-state index in [1.807, 2.05) is 24.3 Å². The van der Waals surface area contributed by atoms with Gasteiger partial charge in [0.1, 0.15) is 22.7 Å². The topological polar surface area (TPSA) is 52.3 Å². The number of halogens is 2. The molecular weight excluding hydrogens is 326 g/mol. The molecule has 3 aromatic heterocycles. The van der Waals surface area contributed by atoms with E-state index < -0.39 is 6.43 Å². The SMILES string of the molecule is FC(F)c1cccc(-c2nc(Oc3ccccc3)c3cccn3n2)n1. The van der Waals surface area contributed by atoms with Crippen LogP contribution >= 0.6 is 0 Å². The zero-order chi connectivity index (χ0) is 17.2. The Bertz CT molecular complexity index is 1020. The molecule has 3 heterocycles. The van der Waals surface area contributed by atoms with Crippen LogP contribution in [-0.2, 0) is 0 Å². The Hall–Kier alpha value is -3.35. The van der Waals surface area contributed by atoms with Gasteiger partial charge in [0.05, 0.1) is 0 Å². The molecule has 7 heteroatoms. The third-order valence-electron chi connectivity index (χ3n) is 3.54. The van der Waals surface area contributed by atoms with Crippen LogP contribution in [0.2, 0.25) is 0 Å². The van der Waals surface area contributed by atoms with Gasteiger partial charge in [0.15, 0.2) is 0 Å². The minimum absolute atomic E-state index is 0.206. The molecule has 0 unspecified atom stereocenters. The van der Waals surface area contributed by atoms with Crippen molar-refractivity contribution >= 4 is 5.52 Å². The zero-order valence-corrected chi connectivity index (χ0v) is 12.9. The summed E-state index contributed by atoms with van der Waals surface area (Å²) >= 11 is 0. The first-order chi connectivity index (χ1) is 12.2. The molecule has 0 atom stereocenters. The molecule has 0 saturated heterocycles. The van der Waals surface area contributed by atoms with E-state index in [0.717, 1.165) is 0 Å². The van der Waals surface area contributed by atoms with Crippen molar-refractivity contribution in [2.45, 2.75) is 6.43 Å². The summed E-state index contributed by atoms with van der Waals surface area (Å²) in [6.07, 6.45) is -0.926. The number of rotatable bonds is 4. The van der Waals surface area contributed by atoms with Crippen LogP contribution in [-0.4, -0.2) is 19.6 Å². The van der Waals surface area contributed by atoms with Crippen molar-refractivity contribution in [3.63, 3.8) is 0 Å². The number of hydrogen-bond acceptors (Lipinski definition) is 4. The predicted molar refractivity (Wildman–Crippen MR) is 87.7 cm³/mol. The van der Waals surface area contributed by atoms with E-state index >= 15 is 0 Å². The maximum absolute atomic E-state index is 12.9. The molecule has 0 aliphatic rings. The van der Waals surface area contributed by atoms with Crippen LogP contribution < -0.4 is 4.74 Å². The molecular formula is C18H12F2N4O. The Kier molecular flexibility index (Phi) is 3.81. The van der Waals surface area contributed by atoms with Gasteiger partial charge in [-0.15, -0.1) is 5.10 Å². The second-order valence-corrected chi connectivity index (χ2v) is 5.24. The fourth-order valence-electron chi connectivity index (χ4n) is 2.39. The lowest BCUT2D eigenvalue weighted by Gasteiger charge is -2.09. The molecule has 4 rings (SSSR count). The molecule has 124 valence electrons. The standard InChI is InChI=1S/C18H12F2N4O/c19-16(20)13-8-4-9-14(21-13)17-22-18(15-10-5-11-24(15)23-17)25-12-6-2-1-3-7-12/h1-11,16H. The quantitative estimate of drug-likeness (QED) is 0.549. The Morgan fingerprint density at radius 1 is 0.880 bits per heavy atom. The van der Waals surface area contributed by atoms with Crippen molar-refractivity contribution in [1.29, 1.82) is 0 Å². The molecule has 0 amide bonds. The lowest BCUT2D eigenvalue weighted by atomic mass is 10.3. The number of ether oxygens (including phenoxy) is 1. The van der Waals surface area contributed by atoms with Crippen molar-refractivity contribution < 1.29 is 13.5 Å². The third-order valence-corrected chi connectivity index (χ3v) is 3.54. The summed E-state index contributed by atoms with van der Waals surface area (Å²) in [5.74, 6) is 1.15. The first-order valence-corrected chi connectivity index (χ1v) is 7.54. The first kappa shape index (κ1) is 15.2. The predicted octanol–water partition coefficient (Wildman–Crippen LogP) is 4.52. The van der Waals surface area contributed by atoms with Crippen LogP contribution in [0.5, 0.6) is 11.6 Å². The molecule has 0 N–H and O–H groups in total. The Balaban J connectivity index is 1.81. The monoisotopic (exact) mass is 338 g/mol. The van der Waals surface area contributed by atoms with E-state index in [1.54, 1.807) is 35.0 Å². The van der Waals surface area contributed by atoms with Gasteiger partial charge in [0.25, 0.3) is 6.43 Å². The van der Waals surface area contributed by atoms with Gasteiger partial charge in [-0.2, -0.15) is 4.98 Å². The van der Waals surface area contributed by atoms with Gasteiger partial charge < -0.3 is 4.74 Å². The van der Waals surface area contributed by atoms with Crippen LogP contribution in [0, 0.1) is 0 Å². The molecule has 5 nitrogen and oxygen atoms in total. The Morgan fingerprint density at radius 3 is 2.52 bits per heavy atom. The van der Waals surface area contributed by atoms with Gasteiger partial charge in [0.2, 0.25) is 11.7 Å². The lowest BCUT2D eigenvalue weighted by molar-refractivity contribution is 0.146. The molecule has 0 fully saturated rings. The van der Waals surface area contributed by atoms with E-state index in [9.17, 15) is 8.78 Å². The molecule has 0 spiro atoms. The highest BCUT2D eigenvalue weighted by Crippen LogP contribution is 2.27. The van der Waals surface area contributed by atoms with Crippen LogP contribution in [0.3, 0.4) is 0 Å². The van der Waals surface area contributed by atoms with E-state index in [-0.39, 0.29) is 17.2 Å². The van der Waals surface area contributed by atoms with Crippen LogP contribution in [0.15, 0.2) is 66.9 Å². The number of pyridine rings is 1. The largest absolute Gasteiger partial charge is 0.437 e. The lowest BCUT2D eigenvalue weighted by Crippen LogP contribution is -2.02. The number of benzene rings is 1. The summed E-state index contributed by atoms with van der Waals surface area (Å²) in [5, 5.41) is 4.33. The summed E-state index contributed by atoms with van der Waals surface area (Å²) < 4.78 is 33.2. The fraction of sp³-hybridized carbons (Fsp3) is 0.0556. The van der Waals surface area contributed by atoms with Crippen LogP contribution in [0.25, 0.3) is 17.0 Å². The second kappa shape index (κ2) is 6.27. The van der Waals surface area contributed by atoms with Gasteiger partial charge in [-0.25, -0.2) is 18.3 Å². The Labute approximate surface area is 141 Å². The number of fused-ring (bicyclic) bond motifs is 1. The van der Waals surface area contributed by atoms with Gasteiger partial charge in [-0.1, -0.05) is 24.3 Å². The third kappa shape index (κ3) is 3.03. The number of nitrogens with zero attached hydrogens (tertiary/aromatic N) is 4. The molecule has 0 aliphatic heterocycles. The molecule has 0 bridgehead atoms. The molecule has 0 aliphatic carbocycles. The summed E-state index contributed by atoms with van der Waals surface area (Å²) in [5.41, 5.74) is 0.600. The molecule has 4 aromatic rings. The molecule has 25 heavy (non-hydrogen) atoms. The van der Waals surface area contributed by atoms with E-state index in [1.165, 1.54) is 12.1 Å². The van der Waals surface area contributed by atoms with Crippen LogP contribution in [0.4, 0.5) is 8.78 Å². The van der Waals surface area contributed by atoms with Crippen molar-refractivity contribution in [1.82, 2.24) is 19.6 Å². The average Bonchev–Trinajstić information content (AvgIpc) is 3.11. The smallest absolute Gasteiger partial charge is 0.280 e. The normalized spacial score (nSPS) is 11.2. The molecule has 0 radical (unpaired) electrons. The maximum atomic E-state index is 12.9. The number of aromatic nitrogens is 4. The van der Waals surface area contributed by atoms with Crippen molar-refractivity contribution in [2.24, 2.45) is 0 Å². The van der Waals surface area contributed by atoms with Gasteiger partial charge in [-0.05, 0) is 36.4 Å². The number of alkyl halides is 2. The second-order valence-electron chi connectivity index (χ2n) is 5.24. The highest BCUT2D eigenvalue weighted by atomic mass is 19.3. The number of para-hydroxylation sites is 1. The van der Waals surface area contributed by atoms with E-state index in [4.69, 9.17) is 4.74 Å². The molecule has 0 saturated carbocycles. The average molecular weight is 338 g/mol. The summed E-state index contributed by atoms with van der Waals surface area (Å²) in [4.78, 5) is 8.32. The highest BCUT2D eigenvalue weighted by molar-refractivity contribution is 5.61. The van der Waals surface area contributed by atoms with Gasteiger partial charge in [-0.3, -0.25) is 0 Å². The van der Waals surface area contributed by atoms with Gasteiger partial charge >= 0.3 is 0 Å². The zero-order valence-electron chi connectivity index (χ0n) is 12.9. The van der Waals surface area contributed by atoms with Crippen molar-refractivity contribution in [3.8, 4) is 23.1 Å². The minimum atomic E-state index is -2.66. The number of hydrogen-bond donors (Lipinski definition) is 0. The van der Waals surface area contributed by atoms with Gasteiger partial charge in [0, 0.05) is 6.20 Å². The maximum Gasteiger partial charge on any atom is 0.280 e. The summed E-state index contributed by atoms with van der Waals surface area (Å²) in [7, 11) is 0. The minimum Gasteiger partial charge on any atom is -0.437 e. The van der Waals surface area contributed by atoms with Crippen molar-refractivity contribution in [3.05, 3.63) is 72.6 Å². The van der Waals surface area contributed by atoms with E-state index in [0.29, 0.717) is 17.1 Å². The fourth-order valence-corrected chi connectivity index (χ4v) is 2.39. The van der Waals surface area contributed by atoms with Crippen molar-refractivity contribution in [2.75, 3.05) is 0 Å². The summed E-state index contributed by atoms with van der Waals surface area (Å²) in [6.45, 7) is 0. The first-order valence-electron chi connectivity index (χ1n) is 7.54. The Morgan fingerprint density at radius 2 is 1.72 bits per heavy atom. The van der Waals surface area contributed by atoms with E-state index in [2.05, 4.69) is 15.1 Å². The summed E-state index contributed by atoms with van der Waals surface area (Å²) in [6, 6.07) is 17.1.